The molecule has 0 saturated carbocycles. The Bertz CT molecular complexity index is 1640. The minimum Gasteiger partial charge on any atom is -0.491 e. The van der Waals surface area contributed by atoms with Crippen LogP contribution in [0.4, 0.5) is 4.79 Å². The van der Waals surface area contributed by atoms with E-state index in [4.69, 9.17) is 9.47 Å². The molecule has 4 aromatic rings. The van der Waals surface area contributed by atoms with Gasteiger partial charge in [-0.15, -0.1) is 0 Å². The molecule has 0 unspecified atom stereocenters. The van der Waals surface area contributed by atoms with Gasteiger partial charge in [-0.1, -0.05) is 74.5 Å². The number of esters is 1. The second-order valence-corrected chi connectivity index (χ2v) is 10.9. The van der Waals surface area contributed by atoms with E-state index in [-0.39, 0.29) is 30.2 Å². The van der Waals surface area contributed by atoms with Crippen LogP contribution >= 0.6 is 11.8 Å². The molecule has 4 aromatic carbocycles. The fourth-order valence-electron chi connectivity index (χ4n) is 4.57. The summed E-state index contributed by atoms with van der Waals surface area (Å²) in [6.45, 7) is 6.54. The fourth-order valence-corrected chi connectivity index (χ4v) is 5.43. The van der Waals surface area contributed by atoms with Gasteiger partial charge in [0.2, 0.25) is 0 Å². The molecule has 0 radical (unpaired) electrons. The quantitative estimate of drug-likeness (QED) is 0.128. The van der Waals surface area contributed by atoms with Gasteiger partial charge in [0.25, 0.3) is 11.1 Å². The number of thioether (sulfide) groups is 1. The summed E-state index contributed by atoms with van der Waals surface area (Å²) in [5.74, 6) is 0.567. The van der Waals surface area contributed by atoms with Gasteiger partial charge in [-0.25, -0.2) is 4.79 Å². The molecule has 40 heavy (non-hydrogen) atoms. The van der Waals surface area contributed by atoms with Crippen molar-refractivity contribution < 1.29 is 23.9 Å². The second-order valence-electron chi connectivity index (χ2n) is 9.87. The lowest BCUT2D eigenvalue weighted by molar-refractivity contribution is -0.123. The second kappa shape index (κ2) is 11.8. The van der Waals surface area contributed by atoms with Gasteiger partial charge in [0.15, 0.2) is 0 Å². The number of carbonyl (C=O) groups excluding carboxylic acids is 3. The first-order chi connectivity index (χ1) is 19.3. The Hall–Kier alpha value is -4.36. The van der Waals surface area contributed by atoms with Crippen LogP contribution in [0.15, 0.2) is 89.8 Å². The summed E-state index contributed by atoms with van der Waals surface area (Å²) in [4.78, 5) is 40.1. The third-order valence-corrected chi connectivity index (χ3v) is 7.52. The molecule has 1 fully saturated rings. The van der Waals surface area contributed by atoms with Gasteiger partial charge in [0.1, 0.15) is 18.1 Å². The van der Waals surface area contributed by atoms with E-state index in [1.165, 1.54) is 4.90 Å². The van der Waals surface area contributed by atoms with E-state index >= 15 is 0 Å². The zero-order chi connectivity index (χ0) is 28.2. The van der Waals surface area contributed by atoms with Crippen molar-refractivity contribution in [3.63, 3.8) is 0 Å². The maximum Gasteiger partial charge on any atom is 0.344 e. The molecule has 0 aliphatic carbocycles. The number of ether oxygens (including phenoxy) is 2. The lowest BCUT2D eigenvalue weighted by atomic mass is 10.0. The average Bonchev–Trinajstić information content (AvgIpc) is 3.20. The van der Waals surface area contributed by atoms with Crippen molar-refractivity contribution in [3.8, 4) is 11.5 Å². The van der Waals surface area contributed by atoms with Crippen LogP contribution in [-0.4, -0.2) is 35.2 Å². The van der Waals surface area contributed by atoms with Crippen LogP contribution in [0.5, 0.6) is 11.5 Å². The molecule has 0 spiro atoms. The van der Waals surface area contributed by atoms with E-state index in [9.17, 15) is 14.4 Å². The number of amides is 2. The lowest BCUT2D eigenvalue weighted by Gasteiger charge is -2.17. The summed E-state index contributed by atoms with van der Waals surface area (Å²) in [5, 5.41) is 1.42. The van der Waals surface area contributed by atoms with Crippen molar-refractivity contribution in [3.05, 3.63) is 112 Å². The number of nitrogens with zero attached hydrogens (tertiary/aromatic N) is 1. The number of carbonyl (C=O) groups is 3. The van der Waals surface area contributed by atoms with Crippen molar-refractivity contribution >= 4 is 45.7 Å². The Morgan fingerprint density at radius 2 is 1.73 bits per heavy atom. The van der Waals surface area contributed by atoms with Crippen molar-refractivity contribution in [2.75, 3.05) is 13.2 Å². The Kier molecular flexibility index (Phi) is 8.03. The highest BCUT2D eigenvalue weighted by molar-refractivity contribution is 8.18. The highest BCUT2D eigenvalue weighted by Gasteiger charge is 2.34. The van der Waals surface area contributed by atoms with Crippen molar-refractivity contribution in [1.82, 2.24) is 4.90 Å². The number of rotatable bonds is 8. The van der Waals surface area contributed by atoms with Crippen LogP contribution in [-0.2, 0) is 4.79 Å². The largest absolute Gasteiger partial charge is 0.491 e. The molecule has 0 atom stereocenters. The maximum absolute atomic E-state index is 13.0. The molecular weight excluding hydrogens is 522 g/mol. The minimum absolute atomic E-state index is 0.149. The van der Waals surface area contributed by atoms with Crippen molar-refractivity contribution in [1.29, 1.82) is 0 Å². The third-order valence-electron chi connectivity index (χ3n) is 6.61. The molecule has 1 aliphatic rings. The van der Waals surface area contributed by atoms with Gasteiger partial charge >= 0.3 is 5.97 Å². The molecule has 202 valence electrons. The number of hydrogen-bond donors (Lipinski definition) is 0. The number of hydrogen-bond acceptors (Lipinski definition) is 6. The normalized spacial score (nSPS) is 14.4. The van der Waals surface area contributed by atoms with Gasteiger partial charge in [-0.2, -0.15) is 0 Å². The predicted molar refractivity (Wildman–Crippen MR) is 159 cm³/mol. The van der Waals surface area contributed by atoms with Crippen LogP contribution in [0.25, 0.3) is 16.8 Å². The Labute approximate surface area is 237 Å². The maximum atomic E-state index is 13.0. The number of fused-ring (bicyclic) bond motifs is 1. The van der Waals surface area contributed by atoms with Crippen LogP contribution in [0, 0.1) is 6.92 Å². The zero-order valence-electron chi connectivity index (χ0n) is 22.5. The van der Waals surface area contributed by atoms with E-state index in [0.29, 0.717) is 21.8 Å². The highest BCUT2D eigenvalue weighted by atomic mass is 32.2. The lowest BCUT2D eigenvalue weighted by Crippen LogP contribution is -2.32. The van der Waals surface area contributed by atoms with E-state index in [1.54, 1.807) is 36.4 Å². The number of benzene rings is 4. The molecular formula is C33H29NO5S. The molecule has 1 saturated heterocycles. The van der Waals surface area contributed by atoms with Crippen LogP contribution < -0.4 is 9.47 Å². The van der Waals surface area contributed by atoms with Crippen molar-refractivity contribution in [2.45, 2.75) is 26.7 Å². The molecule has 0 bridgehead atoms. The van der Waals surface area contributed by atoms with Gasteiger partial charge in [0.05, 0.1) is 17.0 Å². The Morgan fingerprint density at radius 1 is 0.950 bits per heavy atom. The first-order valence-electron chi connectivity index (χ1n) is 13.1. The summed E-state index contributed by atoms with van der Waals surface area (Å²) < 4.78 is 11.6. The van der Waals surface area contributed by atoms with E-state index in [1.807, 2.05) is 61.5 Å². The summed E-state index contributed by atoms with van der Waals surface area (Å²) in [6.07, 6.45) is 1.64. The molecule has 1 heterocycles. The van der Waals surface area contributed by atoms with Gasteiger partial charge < -0.3 is 9.47 Å². The van der Waals surface area contributed by atoms with E-state index in [2.05, 4.69) is 13.8 Å². The monoisotopic (exact) mass is 551 g/mol. The first kappa shape index (κ1) is 27.2. The predicted octanol–water partition coefficient (Wildman–Crippen LogP) is 7.61. The summed E-state index contributed by atoms with van der Waals surface area (Å²) in [5.41, 5.74) is 3.28. The molecule has 0 aromatic heterocycles. The highest BCUT2D eigenvalue weighted by Crippen LogP contribution is 2.33. The smallest absolute Gasteiger partial charge is 0.344 e. The van der Waals surface area contributed by atoms with Crippen molar-refractivity contribution in [2.24, 2.45) is 0 Å². The molecule has 2 amide bonds. The topological polar surface area (TPSA) is 72.9 Å². The molecule has 0 N–H and O–H groups in total. The van der Waals surface area contributed by atoms with Crippen LogP contribution in [0.2, 0.25) is 0 Å². The molecule has 5 rings (SSSR count). The van der Waals surface area contributed by atoms with E-state index in [0.717, 1.165) is 39.4 Å². The number of imide groups is 1. The SMILES string of the molecule is Cc1ccc(C(C)C)c(OCCN2C(=O)S/C(=C\c3cccc(OC(=O)c4cccc5ccccc45)c3)C2=O)c1. The fraction of sp³-hybridized carbons (Fsp3) is 0.182. The Balaban J connectivity index is 1.26. The zero-order valence-corrected chi connectivity index (χ0v) is 23.4. The summed E-state index contributed by atoms with van der Waals surface area (Å²) in [6, 6.07) is 26.1. The van der Waals surface area contributed by atoms with Gasteiger partial charge in [-0.3, -0.25) is 14.5 Å². The molecule has 1 aliphatic heterocycles. The summed E-state index contributed by atoms with van der Waals surface area (Å²) in [7, 11) is 0. The van der Waals surface area contributed by atoms with E-state index < -0.39 is 5.97 Å². The summed E-state index contributed by atoms with van der Waals surface area (Å²) >= 11 is 0.887. The Morgan fingerprint density at radius 3 is 2.55 bits per heavy atom. The van der Waals surface area contributed by atoms with Crippen LogP contribution in [0.1, 0.15) is 46.8 Å². The standard InChI is InChI=1S/C33H29NO5S/c1-21(2)26-15-14-22(3)18-29(26)38-17-16-34-31(35)30(40-33(34)37)20-23-8-6-11-25(19-23)39-32(36)28-13-7-10-24-9-4-5-12-27(24)28/h4-15,18-21H,16-17H2,1-3H3/b30-20-. The van der Waals surface area contributed by atoms with Crippen LogP contribution in [0.3, 0.4) is 0 Å². The number of aryl methyl sites for hydroxylation is 1. The van der Waals surface area contributed by atoms with Gasteiger partial charge in [-0.05, 0) is 82.4 Å². The third kappa shape index (κ3) is 5.95. The minimum atomic E-state index is -0.469. The molecule has 7 heteroatoms. The average molecular weight is 552 g/mol. The molecule has 6 nitrogen and oxygen atoms in total. The first-order valence-corrected chi connectivity index (χ1v) is 13.9. The van der Waals surface area contributed by atoms with Gasteiger partial charge in [0, 0.05) is 0 Å².